The van der Waals surface area contributed by atoms with E-state index < -0.39 is 5.82 Å². The van der Waals surface area contributed by atoms with E-state index in [0.29, 0.717) is 34.6 Å². The monoisotopic (exact) mass is 457 g/mol. The fourth-order valence-electron chi connectivity index (χ4n) is 2.97. The SMILES string of the molecule is CCn1c(CC(=O)Nc2cccc(OC)c2)nnc1SCC(=O)Nc1cc(F)ccc1C. The average molecular weight is 458 g/mol. The van der Waals surface area contributed by atoms with Gasteiger partial charge in [0.05, 0.1) is 19.3 Å². The fraction of sp³-hybridized carbons (Fsp3) is 0.273. The highest BCUT2D eigenvalue weighted by atomic mass is 32.2. The zero-order valence-corrected chi connectivity index (χ0v) is 18.8. The van der Waals surface area contributed by atoms with Crippen LogP contribution < -0.4 is 15.4 Å². The van der Waals surface area contributed by atoms with Crippen molar-refractivity contribution in [1.82, 2.24) is 14.8 Å². The Hall–Kier alpha value is -3.40. The predicted molar refractivity (Wildman–Crippen MR) is 122 cm³/mol. The van der Waals surface area contributed by atoms with Crippen LogP contribution in [-0.4, -0.2) is 39.4 Å². The normalized spacial score (nSPS) is 10.6. The van der Waals surface area contributed by atoms with Crippen molar-refractivity contribution in [3.8, 4) is 5.75 Å². The van der Waals surface area contributed by atoms with Crippen molar-refractivity contribution in [2.45, 2.75) is 32.0 Å². The Morgan fingerprint density at radius 2 is 1.94 bits per heavy atom. The Morgan fingerprint density at radius 1 is 1.12 bits per heavy atom. The second-order valence-corrected chi connectivity index (χ2v) is 7.84. The van der Waals surface area contributed by atoms with Gasteiger partial charge in [-0.25, -0.2) is 4.39 Å². The molecule has 32 heavy (non-hydrogen) atoms. The summed E-state index contributed by atoms with van der Waals surface area (Å²) in [6.07, 6.45) is 0.0350. The molecular formula is C22H24FN5O3S. The summed E-state index contributed by atoms with van der Waals surface area (Å²) in [6.45, 7) is 4.24. The minimum Gasteiger partial charge on any atom is -0.497 e. The van der Waals surface area contributed by atoms with Crippen LogP contribution in [0.4, 0.5) is 15.8 Å². The minimum atomic E-state index is -0.416. The second-order valence-electron chi connectivity index (χ2n) is 6.90. The van der Waals surface area contributed by atoms with E-state index >= 15 is 0 Å². The smallest absolute Gasteiger partial charge is 0.234 e. The van der Waals surface area contributed by atoms with Gasteiger partial charge in [-0.05, 0) is 43.7 Å². The van der Waals surface area contributed by atoms with Crippen molar-refractivity contribution in [2.75, 3.05) is 23.5 Å². The molecule has 1 heterocycles. The lowest BCUT2D eigenvalue weighted by molar-refractivity contribution is -0.116. The van der Waals surface area contributed by atoms with E-state index in [9.17, 15) is 14.0 Å². The number of carbonyl (C=O) groups excluding carboxylic acids is 2. The highest BCUT2D eigenvalue weighted by Crippen LogP contribution is 2.21. The van der Waals surface area contributed by atoms with Gasteiger partial charge in [-0.3, -0.25) is 9.59 Å². The summed E-state index contributed by atoms with van der Waals surface area (Å²) in [5, 5.41) is 14.3. The van der Waals surface area contributed by atoms with Gasteiger partial charge in [-0.15, -0.1) is 10.2 Å². The average Bonchev–Trinajstić information content (AvgIpc) is 3.16. The van der Waals surface area contributed by atoms with Gasteiger partial charge in [0.25, 0.3) is 0 Å². The van der Waals surface area contributed by atoms with Crippen LogP contribution in [0.2, 0.25) is 0 Å². The van der Waals surface area contributed by atoms with Gasteiger partial charge in [-0.1, -0.05) is 23.9 Å². The predicted octanol–water partition coefficient (Wildman–Crippen LogP) is 3.67. The fourth-order valence-corrected chi connectivity index (χ4v) is 3.79. The van der Waals surface area contributed by atoms with E-state index in [1.807, 2.05) is 6.92 Å². The first kappa shape index (κ1) is 23.3. The summed E-state index contributed by atoms with van der Waals surface area (Å²) in [4.78, 5) is 24.8. The molecular weight excluding hydrogens is 433 g/mol. The Labute approximate surface area is 189 Å². The topological polar surface area (TPSA) is 98.1 Å². The van der Waals surface area contributed by atoms with Gasteiger partial charge in [0.1, 0.15) is 17.4 Å². The lowest BCUT2D eigenvalue weighted by Gasteiger charge is -2.10. The van der Waals surface area contributed by atoms with Gasteiger partial charge < -0.3 is 19.9 Å². The highest BCUT2D eigenvalue weighted by molar-refractivity contribution is 7.99. The number of nitrogens with zero attached hydrogens (tertiary/aromatic N) is 3. The molecule has 8 nitrogen and oxygen atoms in total. The molecule has 2 amide bonds. The Morgan fingerprint density at radius 3 is 2.69 bits per heavy atom. The molecule has 0 aliphatic rings. The van der Waals surface area contributed by atoms with Crippen molar-refractivity contribution in [3.63, 3.8) is 0 Å². The summed E-state index contributed by atoms with van der Waals surface area (Å²) in [5.41, 5.74) is 1.82. The maximum absolute atomic E-state index is 13.4. The van der Waals surface area contributed by atoms with E-state index in [2.05, 4.69) is 20.8 Å². The van der Waals surface area contributed by atoms with Crippen molar-refractivity contribution in [2.24, 2.45) is 0 Å². The Balaban J connectivity index is 1.59. The van der Waals surface area contributed by atoms with Crippen LogP contribution in [0, 0.1) is 12.7 Å². The molecule has 0 aliphatic heterocycles. The number of rotatable bonds is 9. The number of methoxy groups -OCH3 is 1. The van der Waals surface area contributed by atoms with Crippen molar-refractivity contribution < 1.29 is 18.7 Å². The third-order valence-electron chi connectivity index (χ3n) is 4.59. The number of ether oxygens (including phenoxy) is 1. The molecule has 3 rings (SSSR count). The first-order valence-electron chi connectivity index (χ1n) is 9.94. The van der Waals surface area contributed by atoms with E-state index in [1.54, 1.807) is 48.9 Å². The summed E-state index contributed by atoms with van der Waals surface area (Å²) in [6, 6.07) is 11.3. The van der Waals surface area contributed by atoms with Crippen LogP contribution in [0.1, 0.15) is 18.3 Å². The zero-order valence-electron chi connectivity index (χ0n) is 18.0. The number of hydrogen-bond acceptors (Lipinski definition) is 6. The highest BCUT2D eigenvalue weighted by Gasteiger charge is 2.16. The number of halogens is 1. The number of aryl methyl sites for hydroxylation is 1. The summed E-state index contributed by atoms with van der Waals surface area (Å²) in [5.74, 6) is 0.273. The Bertz CT molecular complexity index is 1120. The maximum atomic E-state index is 13.4. The van der Waals surface area contributed by atoms with Gasteiger partial charge in [-0.2, -0.15) is 0 Å². The number of hydrogen-bond donors (Lipinski definition) is 2. The van der Waals surface area contributed by atoms with Crippen LogP contribution in [0.5, 0.6) is 5.75 Å². The van der Waals surface area contributed by atoms with Gasteiger partial charge in [0.15, 0.2) is 5.16 Å². The number of aromatic nitrogens is 3. The summed E-state index contributed by atoms with van der Waals surface area (Å²) < 4.78 is 20.4. The molecule has 2 N–H and O–H groups in total. The van der Waals surface area contributed by atoms with Crippen molar-refractivity contribution in [1.29, 1.82) is 0 Å². The molecule has 0 atom stereocenters. The van der Waals surface area contributed by atoms with Crippen molar-refractivity contribution in [3.05, 3.63) is 59.7 Å². The summed E-state index contributed by atoms with van der Waals surface area (Å²) in [7, 11) is 1.56. The molecule has 0 bridgehead atoms. The van der Waals surface area contributed by atoms with E-state index in [1.165, 1.54) is 23.9 Å². The third kappa shape index (κ3) is 6.07. The van der Waals surface area contributed by atoms with Crippen molar-refractivity contribution >= 4 is 35.0 Å². The molecule has 168 valence electrons. The second kappa shape index (κ2) is 10.8. The van der Waals surface area contributed by atoms with E-state index in [0.717, 1.165) is 5.56 Å². The number of carbonyl (C=O) groups is 2. The number of amides is 2. The van der Waals surface area contributed by atoms with Crippen LogP contribution in [0.3, 0.4) is 0 Å². The number of nitrogens with one attached hydrogen (secondary N) is 2. The summed E-state index contributed by atoms with van der Waals surface area (Å²) >= 11 is 1.20. The third-order valence-corrected chi connectivity index (χ3v) is 5.55. The standard InChI is InChI=1S/C22H24FN5O3S/c1-4-28-19(12-20(29)24-16-6-5-7-17(11-16)31-3)26-27-22(28)32-13-21(30)25-18-10-15(23)9-8-14(18)2/h5-11H,4,12-13H2,1-3H3,(H,24,29)(H,25,30). The van der Waals surface area contributed by atoms with Gasteiger partial charge in [0, 0.05) is 24.0 Å². The van der Waals surface area contributed by atoms with E-state index in [4.69, 9.17) is 4.74 Å². The molecule has 3 aromatic rings. The zero-order chi connectivity index (χ0) is 23.1. The number of benzene rings is 2. The molecule has 0 radical (unpaired) electrons. The largest absolute Gasteiger partial charge is 0.497 e. The maximum Gasteiger partial charge on any atom is 0.234 e. The molecule has 0 saturated carbocycles. The lowest BCUT2D eigenvalue weighted by Crippen LogP contribution is -2.18. The lowest BCUT2D eigenvalue weighted by atomic mass is 10.2. The molecule has 0 fully saturated rings. The van der Waals surface area contributed by atoms with E-state index in [-0.39, 0.29) is 24.0 Å². The van der Waals surface area contributed by atoms with Crippen LogP contribution in [0.15, 0.2) is 47.6 Å². The Kier molecular flexibility index (Phi) is 7.82. The molecule has 1 aromatic heterocycles. The van der Waals surface area contributed by atoms with Crippen LogP contribution >= 0.6 is 11.8 Å². The minimum absolute atomic E-state index is 0.0350. The molecule has 0 spiro atoms. The first-order valence-corrected chi connectivity index (χ1v) is 10.9. The van der Waals surface area contributed by atoms with Crippen LogP contribution in [-0.2, 0) is 22.6 Å². The quantitative estimate of drug-likeness (QED) is 0.476. The molecule has 10 heteroatoms. The number of anilines is 2. The number of thioether (sulfide) groups is 1. The molecule has 0 saturated heterocycles. The first-order chi connectivity index (χ1) is 15.4. The molecule has 0 aliphatic carbocycles. The van der Waals surface area contributed by atoms with Gasteiger partial charge in [0.2, 0.25) is 11.8 Å². The van der Waals surface area contributed by atoms with Crippen LogP contribution in [0.25, 0.3) is 0 Å². The molecule has 2 aromatic carbocycles. The molecule has 0 unspecified atom stereocenters. The van der Waals surface area contributed by atoms with Gasteiger partial charge >= 0.3 is 0 Å².